The van der Waals surface area contributed by atoms with Crippen molar-refractivity contribution in [2.24, 2.45) is 0 Å². The van der Waals surface area contributed by atoms with Gasteiger partial charge in [0.05, 0.1) is 20.7 Å². The van der Waals surface area contributed by atoms with Crippen molar-refractivity contribution in [1.82, 2.24) is 15.5 Å². The van der Waals surface area contributed by atoms with Crippen molar-refractivity contribution in [3.05, 3.63) is 59.0 Å². The second kappa shape index (κ2) is 6.07. The SMILES string of the molecule is CSc1sc(-c2cc[nH]n2)c2c1C(=O)N[C@H](c1ccc(F)cc1)C2. The molecule has 1 amide bonds. The number of nitrogens with zero attached hydrogens (tertiary/aromatic N) is 1. The summed E-state index contributed by atoms with van der Waals surface area (Å²) in [5.74, 6) is -0.355. The Morgan fingerprint density at radius 1 is 1.29 bits per heavy atom. The molecule has 0 spiro atoms. The van der Waals surface area contributed by atoms with Crippen LogP contribution in [0.4, 0.5) is 4.39 Å². The summed E-state index contributed by atoms with van der Waals surface area (Å²) in [6.07, 6.45) is 4.42. The van der Waals surface area contributed by atoms with Crippen LogP contribution in [0.5, 0.6) is 0 Å². The Hall–Kier alpha value is -2.12. The van der Waals surface area contributed by atoms with E-state index in [-0.39, 0.29) is 17.8 Å². The minimum atomic E-state index is -0.279. The van der Waals surface area contributed by atoms with Gasteiger partial charge in [0.1, 0.15) is 11.5 Å². The lowest BCUT2D eigenvalue weighted by atomic mass is 9.92. The number of thioether (sulfide) groups is 1. The minimum Gasteiger partial charge on any atom is -0.345 e. The molecule has 4 rings (SSSR count). The smallest absolute Gasteiger partial charge is 0.254 e. The van der Waals surface area contributed by atoms with Crippen LogP contribution in [-0.4, -0.2) is 22.4 Å². The first kappa shape index (κ1) is 15.4. The third kappa shape index (κ3) is 2.53. The molecule has 122 valence electrons. The largest absolute Gasteiger partial charge is 0.345 e. The number of aromatic nitrogens is 2. The number of thiophene rings is 1. The summed E-state index contributed by atoms with van der Waals surface area (Å²) in [4.78, 5) is 13.7. The van der Waals surface area contributed by atoms with E-state index in [1.54, 1.807) is 41.4 Å². The van der Waals surface area contributed by atoms with Crippen LogP contribution in [0.15, 0.2) is 40.7 Å². The number of aromatic amines is 1. The number of halogens is 1. The van der Waals surface area contributed by atoms with Crippen molar-refractivity contribution in [2.75, 3.05) is 6.26 Å². The first-order chi connectivity index (χ1) is 11.7. The molecule has 0 saturated heterocycles. The molecule has 4 nitrogen and oxygen atoms in total. The molecule has 3 aromatic rings. The molecule has 0 radical (unpaired) electrons. The van der Waals surface area contributed by atoms with E-state index in [0.29, 0.717) is 6.42 Å². The average Bonchev–Trinajstić information content (AvgIpc) is 3.22. The van der Waals surface area contributed by atoms with Gasteiger partial charge in [-0.1, -0.05) is 12.1 Å². The van der Waals surface area contributed by atoms with Crippen LogP contribution < -0.4 is 5.32 Å². The molecular weight excluding hydrogens is 345 g/mol. The number of amides is 1. The Balaban J connectivity index is 1.79. The third-order valence-corrected chi connectivity index (χ3v) is 6.48. The maximum Gasteiger partial charge on any atom is 0.254 e. The lowest BCUT2D eigenvalue weighted by molar-refractivity contribution is 0.0923. The van der Waals surface area contributed by atoms with E-state index >= 15 is 0 Å². The summed E-state index contributed by atoms with van der Waals surface area (Å²) >= 11 is 3.17. The highest BCUT2D eigenvalue weighted by molar-refractivity contribution is 8.00. The number of benzene rings is 1. The number of carbonyl (C=O) groups excluding carboxylic acids is 1. The van der Waals surface area contributed by atoms with E-state index in [0.717, 1.165) is 31.5 Å². The standard InChI is InChI=1S/C17H14FN3OS2/c1-23-17-14-11(15(24-17)12-6-7-19-21-12)8-13(20-16(14)22)9-2-4-10(18)5-3-9/h2-7,13H,8H2,1H3,(H,19,21)(H,20,22)/t13-/m0/s1. The molecule has 1 atom stereocenters. The third-order valence-electron chi connectivity index (χ3n) is 4.11. The second-order valence-electron chi connectivity index (χ2n) is 5.52. The first-order valence-corrected chi connectivity index (χ1v) is 9.47. The van der Waals surface area contributed by atoms with Crippen LogP contribution in [0.2, 0.25) is 0 Å². The number of H-pyrrole nitrogens is 1. The first-order valence-electron chi connectivity index (χ1n) is 7.43. The summed E-state index contributed by atoms with van der Waals surface area (Å²) in [5, 5.41) is 10.1. The van der Waals surface area contributed by atoms with Gasteiger partial charge in [0.2, 0.25) is 0 Å². The van der Waals surface area contributed by atoms with Gasteiger partial charge in [0.25, 0.3) is 5.91 Å². The molecule has 7 heteroatoms. The molecule has 2 N–H and O–H groups in total. The van der Waals surface area contributed by atoms with Crippen LogP contribution in [-0.2, 0) is 6.42 Å². The van der Waals surface area contributed by atoms with E-state index in [4.69, 9.17) is 0 Å². The normalized spacial score (nSPS) is 16.8. The predicted molar refractivity (Wildman–Crippen MR) is 94.0 cm³/mol. The monoisotopic (exact) mass is 359 g/mol. The Morgan fingerprint density at radius 2 is 2.08 bits per heavy atom. The van der Waals surface area contributed by atoms with Gasteiger partial charge in [0, 0.05) is 6.20 Å². The van der Waals surface area contributed by atoms with Crippen molar-refractivity contribution in [3.63, 3.8) is 0 Å². The van der Waals surface area contributed by atoms with E-state index in [9.17, 15) is 9.18 Å². The van der Waals surface area contributed by atoms with Crippen LogP contribution in [0.3, 0.4) is 0 Å². The molecular formula is C17H14FN3OS2. The molecule has 0 bridgehead atoms. The Labute approximate surface area is 146 Å². The molecule has 0 fully saturated rings. The number of hydrogen-bond acceptors (Lipinski definition) is 4. The van der Waals surface area contributed by atoms with Crippen LogP contribution in [0.25, 0.3) is 10.6 Å². The van der Waals surface area contributed by atoms with E-state index in [1.165, 1.54) is 12.1 Å². The fourth-order valence-corrected chi connectivity index (χ4v) is 5.02. The quantitative estimate of drug-likeness (QED) is 0.694. The lowest BCUT2D eigenvalue weighted by Crippen LogP contribution is -2.35. The van der Waals surface area contributed by atoms with Crippen LogP contribution >= 0.6 is 23.1 Å². The summed E-state index contributed by atoms with van der Waals surface area (Å²) in [7, 11) is 0. The predicted octanol–water partition coefficient (Wildman–Crippen LogP) is 4.03. The van der Waals surface area contributed by atoms with Gasteiger partial charge in [0.15, 0.2) is 0 Å². The molecule has 1 aromatic carbocycles. The van der Waals surface area contributed by atoms with Crippen molar-refractivity contribution in [3.8, 4) is 10.6 Å². The number of carbonyl (C=O) groups is 1. The Morgan fingerprint density at radius 3 is 2.75 bits per heavy atom. The van der Waals surface area contributed by atoms with Gasteiger partial charge in [-0.2, -0.15) is 5.10 Å². The maximum absolute atomic E-state index is 13.2. The zero-order chi connectivity index (χ0) is 16.7. The average molecular weight is 359 g/mol. The summed E-state index contributed by atoms with van der Waals surface area (Å²) in [6.45, 7) is 0. The highest BCUT2D eigenvalue weighted by Crippen LogP contribution is 2.44. The summed E-state index contributed by atoms with van der Waals surface area (Å²) in [6, 6.07) is 8.05. The highest BCUT2D eigenvalue weighted by Gasteiger charge is 2.32. The second-order valence-corrected chi connectivity index (χ2v) is 7.61. The summed E-state index contributed by atoms with van der Waals surface area (Å²) in [5.41, 5.74) is 3.53. The van der Waals surface area contributed by atoms with Crippen LogP contribution in [0.1, 0.15) is 27.5 Å². The Bertz CT molecular complexity index is 887. The van der Waals surface area contributed by atoms with E-state index in [2.05, 4.69) is 15.5 Å². The number of hydrogen-bond donors (Lipinski definition) is 2. The molecule has 0 saturated carbocycles. The van der Waals surface area contributed by atoms with E-state index in [1.807, 2.05) is 12.3 Å². The van der Waals surface area contributed by atoms with Crippen molar-refractivity contribution in [2.45, 2.75) is 16.7 Å². The highest BCUT2D eigenvalue weighted by atomic mass is 32.2. The lowest BCUT2D eigenvalue weighted by Gasteiger charge is -2.25. The molecule has 2 aromatic heterocycles. The Kier molecular flexibility index (Phi) is 3.90. The topological polar surface area (TPSA) is 57.8 Å². The molecule has 0 aliphatic carbocycles. The molecule has 24 heavy (non-hydrogen) atoms. The number of fused-ring (bicyclic) bond motifs is 1. The zero-order valence-electron chi connectivity index (χ0n) is 12.8. The molecule has 1 aliphatic heterocycles. The van der Waals surface area contributed by atoms with Crippen molar-refractivity contribution in [1.29, 1.82) is 0 Å². The van der Waals surface area contributed by atoms with Gasteiger partial charge in [-0.15, -0.1) is 23.1 Å². The van der Waals surface area contributed by atoms with Gasteiger partial charge < -0.3 is 5.32 Å². The summed E-state index contributed by atoms with van der Waals surface area (Å²) < 4.78 is 14.2. The fourth-order valence-electron chi connectivity index (χ4n) is 2.99. The number of rotatable bonds is 3. The van der Waals surface area contributed by atoms with Gasteiger partial charge in [-0.3, -0.25) is 9.89 Å². The van der Waals surface area contributed by atoms with Crippen molar-refractivity contribution < 1.29 is 9.18 Å². The van der Waals surface area contributed by atoms with Gasteiger partial charge in [-0.05, 0) is 42.0 Å². The van der Waals surface area contributed by atoms with E-state index < -0.39 is 0 Å². The minimum absolute atomic E-state index is 0.0760. The molecule has 3 heterocycles. The van der Waals surface area contributed by atoms with Gasteiger partial charge in [-0.25, -0.2) is 4.39 Å². The molecule has 0 unspecified atom stereocenters. The maximum atomic E-state index is 13.2. The van der Waals surface area contributed by atoms with Gasteiger partial charge >= 0.3 is 0 Å². The van der Waals surface area contributed by atoms with Crippen LogP contribution in [0, 0.1) is 5.82 Å². The van der Waals surface area contributed by atoms with Crippen molar-refractivity contribution >= 4 is 29.0 Å². The fraction of sp³-hybridized carbons (Fsp3) is 0.176. The zero-order valence-corrected chi connectivity index (χ0v) is 14.4. The number of nitrogens with one attached hydrogen (secondary N) is 2. The molecule has 1 aliphatic rings.